The molecule has 3 aromatic carbocycles. The van der Waals surface area contributed by atoms with E-state index in [1.165, 1.54) is 7.11 Å². The van der Waals surface area contributed by atoms with Crippen LogP contribution in [0.25, 0.3) is 0 Å². The summed E-state index contributed by atoms with van der Waals surface area (Å²) < 4.78 is 5.23. The molecule has 0 spiro atoms. The number of nitrogens with one attached hydrogen (secondary N) is 2. The number of methoxy groups -OCH3 is 1. The third-order valence-electron chi connectivity index (χ3n) is 5.33. The van der Waals surface area contributed by atoms with E-state index in [0.29, 0.717) is 5.69 Å². The minimum absolute atomic E-state index is 0.479. The number of anilines is 1. The molecule has 5 nitrogen and oxygen atoms in total. The van der Waals surface area contributed by atoms with Crippen LogP contribution in [0, 0.1) is 0 Å². The highest BCUT2D eigenvalue weighted by molar-refractivity contribution is 5.97. The number of fused-ring (bicyclic) bond motifs is 2. The molecule has 2 amide bonds. The molecular formula is C24H22N2O3. The van der Waals surface area contributed by atoms with E-state index in [9.17, 15) is 9.59 Å². The van der Waals surface area contributed by atoms with Crippen LogP contribution < -0.4 is 10.6 Å². The Morgan fingerprint density at radius 3 is 1.86 bits per heavy atom. The zero-order chi connectivity index (χ0) is 20.3. The Morgan fingerprint density at radius 2 is 1.31 bits per heavy atom. The van der Waals surface area contributed by atoms with E-state index in [1.54, 1.807) is 12.1 Å². The molecule has 1 aliphatic carbocycles. The summed E-state index contributed by atoms with van der Waals surface area (Å²) in [5.74, 6) is -0.525. The largest absolute Gasteiger partial charge is 0.467 e. The highest BCUT2D eigenvalue weighted by Crippen LogP contribution is 2.39. The standard InChI is InChI=1S/C24H22N2O3/c1-29-22(27)24(26-23(28)25-19-11-3-2-4-12-19)20-13-7-5-9-17(20)15-16-18-10-6-8-14-21(18)24/h2-14H,15-16H2,1H3,(H2,25,26,28). The molecule has 2 N–H and O–H groups in total. The van der Waals surface area contributed by atoms with Crippen LogP contribution >= 0.6 is 0 Å². The number of carbonyl (C=O) groups is 2. The lowest BCUT2D eigenvalue weighted by atomic mass is 9.80. The minimum atomic E-state index is -1.43. The summed E-state index contributed by atoms with van der Waals surface area (Å²) >= 11 is 0. The van der Waals surface area contributed by atoms with Gasteiger partial charge in [0.25, 0.3) is 0 Å². The number of urea groups is 1. The highest BCUT2D eigenvalue weighted by atomic mass is 16.5. The topological polar surface area (TPSA) is 67.4 Å². The van der Waals surface area contributed by atoms with E-state index in [0.717, 1.165) is 35.1 Å². The van der Waals surface area contributed by atoms with Crippen molar-refractivity contribution in [3.8, 4) is 0 Å². The van der Waals surface area contributed by atoms with Crippen LogP contribution in [0.15, 0.2) is 78.9 Å². The van der Waals surface area contributed by atoms with E-state index in [4.69, 9.17) is 4.74 Å². The maximum Gasteiger partial charge on any atom is 0.341 e. The normalized spacial score (nSPS) is 14.0. The van der Waals surface area contributed by atoms with Crippen LogP contribution in [-0.2, 0) is 27.9 Å². The average Bonchev–Trinajstić information content (AvgIpc) is 2.90. The van der Waals surface area contributed by atoms with Gasteiger partial charge in [-0.05, 0) is 47.2 Å². The maximum absolute atomic E-state index is 13.3. The molecule has 0 atom stereocenters. The second kappa shape index (κ2) is 7.80. The van der Waals surface area contributed by atoms with Crippen LogP contribution in [0.3, 0.4) is 0 Å². The van der Waals surface area contributed by atoms with Gasteiger partial charge in [-0.3, -0.25) is 0 Å². The molecule has 146 valence electrons. The van der Waals surface area contributed by atoms with Gasteiger partial charge in [0.15, 0.2) is 5.54 Å². The number of benzene rings is 3. The molecule has 0 bridgehead atoms. The van der Waals surface area contributed by atoms with Crippen LogP contribution in [-0.4, -0.2) is 19.1 Å². The summed E-state index contributed by atoms with van der Waals surface area (Å²) in [5, 5.41) is 5.78. The predicted octanol–water partition coefficient (Wildman–Crippen LogP) is 4.02. The number of esters is 1. The molecule has 0 fully saturated rings. The molecule has 0 saturated heterocycles. The first-order valence-corrected chi connectivity index (χ1v) is 9.54. The van der Waals surface area contributed by atoms with Crippen molar-refractivity contribution in [2.24, 2.45) is 0 Å². The summed E-state index contributed by atoms with van der Waals surface area (Å²) in [6, 6.07) is 24.1. The Labute approximate surface area is 169 Å². The molecule has 5 heteroatoms. The van der Waals surface area contributed by atoms with Crippen molar-refractivity contribution in [3.05, 3.63) is 101 Å². The fraction of sp³-hybridized carbons (Fsp3) is 0.167. The molecule has 0 radical (unpaired) electrons. The Kier molecular flexibility index (Phi) is 5.04. The Morgan fingerprint density at radius 1 is 0.793 bits per heavy atom. The number of hydrogen-bond donors (Lipinski definition) is 2. The van der Waals surface area contributed by atoms with Crippen molar-refractivity contribution in [1.29, 1.82) is 0 Å². The summed E-state index contributed by atoms with van der Waals surface area (Å²) in [6.45, 7) is 0. The quantitative estimate of drug-likeness (QED) is 0.668. The third-order valence-corrected chi connectivity index (χ3v) is 5.33. The second-order valence-electron chi connectivity index (χ2n) is 7.00. The summed E-state index contributed by atoms with van der Waals surface area (Å²) in [7, 11) is 1.34. The molecule has 3 aromatic rings. The first kappa shape index (κ1) is 18.7. The summed E-state index contributed by atoms with van der Waals surface area (Å²) in [5.41, 5.74) is 2.69. The lowest BCUT2D eigenvalue weighted by Gasteiger charge is -2.34. The van der Waals surface area contributed by atoms with Crippen molar-refractivity contribution in [2.75, 3.05) is 12.4 Å². The van der Waals surface area contributed by atoms with E-state index in [1.807, 2.05) is 66.7 Å². The van der Waals surface area contributed by atoms with E-state index in [2.05, 4.69) is 10.6 Å². The monoisotopic (exact) mass is 386 g/mol. The minimum Gasteiger partial charge on any atom is -0.467 e. The lowest BCUT2D eigenvalue weighted by molar-refractivity contribution is -0.146. The molecule has 1 aliphatic rings. The fourth-order valence-corrected chi connectivity index (χ4v) is 4.04. The molecule has 0 heterocycles. The van der Waals surface area contributed by atoms with Crippen LogP contribution in [0.1, 0.15) is 22.3 Å². The number of para-hydroxylation sites is 1. The molecule has 0 saturated carbocycles. The van der Waals surface area contributed by atoms with Gasteiger partial charge in [-0.25, -0.2) is 9.59 Å². The first-order chi connectivity index (χ1) is 14.1. The SMILES string of the molecule is COC(=O)C1(NC(=O)Nc2ccccc2)c2ccccc2CCc2ccccc21. The van der Waals surface area contributed by atoms with Gasteiger partial charge in [-0.1, -0.05) is 66.7 Å². The third kappa shape index (κ3) is 3.36. The molecule has 4 rings (SSSR count). The van der Waals surface area contributed by atoms with Crippen molar-refractivity contribution in [3.63, 3.8) is 0 Å². The molecule has 0 unspecified atom stereocenters. The van der Waals surface area contributed by atoms with Gasteiger partial charge in [0.1, 0.15) is 0 Å². The lowest BCUT2D eigenvalue weighted by Crippen LogP contribution is -2.55. The Balaban J connectivity index is 1.87. The van der Waals surface area contributed by atoms with Crippen LogP contribution in [0.5, 0.6) is 0 Å². The summed E-state index contributed by atoms with van der Waals surface area (Å²) in [6.07, 6.45) is 1.54. The Bertz CT molecular complexity index is 999. The number of ether oxygens (including phenoxy) is 1. The van der Waals surface area contributed by atoms with E-state index in [-0.39, 0.29) is 0 Å². The maximum atomic E-state index is 13.3. The van der Waals surface area contributed by atoms with Crippen LogP contribution in [0.4, 0.5) is 10.5 Å². The number of hydrogen-bond acceptors (Lipinski definition) is 3. The number of rotatable bonds is 3. The number of aryl methyl sites for hydroxylation is 2. The molecule has 29 heavy (non-hydrogen) atoms. The summed E-state index contributed by atoms with van der Waals surface area (Å²) in [4.78, 5) is 26.3. The van der Waals surface area contributed by atoms with Crippen molar-refractivity contribution in [1.82, 2.24) is 5.32 Å². The number of carbonyl (C=O) groups excluding carboxylic acids is 2. The second-order valence-corrected chi connectivity index (χ2v) is 7.00. The molecular weight excluding hydrogens is 364 g/mol. The van der Waals surface area contributed by atoms with Gasteiger partial charge in [0.05, 0.1) is 7.11 Å². The molecule has 0 aliphatic heterocycles. The highest BCUT2D eigenvalue weighted by Gasteiger charge is 2.48. The average molecular weight is 386 g/mol. The first-order valence-electron chi connectivity index (χ1n) is 9.54. The van der Waals surface area contributed by atoms with Crippen molar-refractivity contribution < 1.29 is 14.3 Å². The predicted molar refractivity (Wildman–Crippen MR) is 112 cm³/mol. The smallest absolute Gasteiger partial charge is 0.341 e. The zero-order valence-electron chi connectivity index (χ0n) is 16.1. The van der Waals surface area contributed by atoms with Crippen LogP contribution in [0.2, 0.25) is 0 Å². The molecule has 0 aromatic heterocycles. The van der Waals surface area contributed by atoms with Crippen molar-refractivity contribution >= 4 is 17.7 Å². The zero-order valence-corrected chi connectivity index (χ0v) is 16.1. The van der Waals surface area contributed by atoms with E-state index < -0.39 is 17.5 Å². The van der Waals surface area contributed by atoms with Gasteiger partial charge in [0.2, 0.25) is 0 Å². The van der Waals surface area contributed by atoms with Gasteiger partial charge in [-0.2, -0.15) is 0 Å². The fourth-order valence-electron chi connectivity index (χ4n) is 4.04. The number of amides is 2. The van der Waals surface area contributed by atoms with E-state index >= 15 is 0 Å². The van der Waals surface area contributed by atoms with Gasteiger partial charge < -0.3 is 15.4 Å². The van der Waals surface area contributed by atoms with Gasteiger partial charge in [-0.15, -0.1) is 0 Å². The van der Waals surface area contributed by atoms with Gasteiger partial charge in [0, 0.05) is 5.69 Å². The Hall–Kier alpha value is -3.60. The van der Waals surface area contributed by atoms with Gasteiger partial charge >= 0.3 is 12.0 Å². The van der Waals surface area contributed by atoms with Crippen molar-refractivity contribution in [2.45, 2.75) is 18.4 Å².